The maximum absolute atomic E-state index is 12.4. The van der Waals surface area contributed by atoms with Crippen LogP contribution in [-0.4, -0.2) is 66.8 Å². The van der Waals surface area contributed by atoms with Crippen molar-refractivity contribution in [2.75, 3.05) is 20.2 Å². The van der Waals surface area contributed by atoms with Gasteiger partial charge < -0.3 is 25.8 Å². The SMILES string of the molecule is CN(NC(=O)CCCCNC(=O)OCC1c2ccccc2-c2ccccc21)C(=O)N[C@@H](CC(=O)OC(C)(C)C)C(N)=O. The average molecular weight is 582 g/mol. The predicted octanol–water partition coefficient (Wildman–Crippen LogP) is 2.95. The summed E-state index contributed by atoms with van der Waals surface area (Å²) in [5, 5.41) is 5.87. The monoisotopic (exact) mass is 581 g/mol. The maximum atomic E-state index is 12.4. The molecule has 0 saturated heterocycles. The van der Waals surface area contributed by atoms with E-state index in [1.165, 1.54) is 7.05 Å². The van der Waals surface area contributed by atoms with Crippen molar-refractivity contribution in [3.05, 3.63) is 59.7 Å². The fourth-order valence-corrected chi connectivity index (χ4v) is 4.56. The summed E-state index contributed by atoms with van der Waals surface area (Å²) in [6.45, 7) is 5.53. The molecule has 0 fully saturated rings. The second-order valence-corrected chi connectivity index (χ2v) is 11.0. The van der Waals surface area contributed by atoms with E-state index in [0.717, 1.165) is 27.3 Å². The minimum atomic E-state index is -1.31. The molecule has 3 rings (SSSR count). The molecule has 2 aromatic rings. The van der Waals surface area contributed by atoms with Crippen molar-refractivity contribution in [2.24, 2.45) is 5.73 Å². The molecule has 0 radical (unpaired) electrons. The van der Waals surface area contributed by atoms with E-state index in [0.29, 0.717) is 19.4 Å². The normalized spacial score (nSPS) is 12.8. The minimum Gasteiger partial charge on any atom is -0.460 e. The number of hydrogen-bond acceptors (Lipinski definition) is 7. The Kier molecular flexibility index (Phi) is 10.9. The van der Waals surface area contributed by atoms with Gasteiger partial charge in [0.1, 0.15) is 18.2 Å². The smallest absolute Gasteiger partial charge is 0.407 e. The number of amides is 5. The van der Waals surface area contributed by atoms with Crippen LogP contribution in [0.15, 0.2) is 48.5 Å². The first kappa shape index (κ1) is 31.9. The number of carbonyl (C=O) groups excluding carboxylic acids is 5. The Morgan fingerprint density at radius 3 is 2.12 bits per heavy atom. The lowest BCUT2D eigenvalue weighted by Gasteiger charge is -2.24. The minimum absolute atomic E-state index is 0.0309. The van der Waals surface area contributed by atoms with Gasteiger partial charge in [-0.25, -0.2) is 14.6 Å². The summed E-state index contributed by atoms with van der Waals surface area (Å²) in [7, 11) is 1.29. The third-order valence-electron chi connectivity index (χ3n) is 6.47. The molecule has 12 nitrogen and oxygen atoms in total. The van der Waals surface area contributed by atoms with Gasteiger partial charge in [0, 0.05) is 25.9 Å². The molecule has 5 amide bonds. The third-order valence-corrected chi connectivity index (χ3v) is 6.47. The molecule has 1 atom stereocenters. The molecule has 0 spiro atoms. The first-order chi connectivity index (χ1) is 19.9. The van der Waals surface area contributed by atoms with Crippen LogP contribution >= 0.6 is 0 Å². The molecule has 0 aromatic heterocycles. The van der Waals surface area contributed by atoms with Crippen molar-refractivity contribution >= 4 is 29.9 Å². The van der Waals surface area contributed by atoms with Gasteiger partial charge in [-0.15, -0.1) is 0 Å². The Morgan fingerprint density at radius 2 is 1.55 bits per heavy atom. The quantitative estimate of drug-likeness (QED) is 0.180. The van der Waals surface area contributed by atoms with Gasteiger partial charge in [0.25, 0.3) is 0 Å². The van der Waals surface area contributed by atoms with Crippen LogP contribution in [0.2, 0.25) is 0 Å². The van der Waals surface area contributed by atoms with Crippen molar-refractivity contribution in [1.82, 2.24) is 21.1 Å². The number of unbranched alkanes of at least 4 members (excludes halogenated alkanes) is 1. The Labute approximate surface area is 245 Å². The highest BCUT2D eigenvalue weighted by Gasteiger charge is 2.29. The molecule has 226 valence electrons. The van der Waals surface area contributed by atoms with E-state index in [1.54, 1.807) is 20.8 Å². The van der Waals surface area contributed by atoms with Gasteiger partial charge in [0.2, 0.25) is 11.8 Å². The van der Waals surface area contributed by atoms with Crippen LogP contribution in [-0.2, 0) is 23.9 Å². The zero-order valence-corrected chi connectivity index (χ0v) is 24.4. The van der Waals surface area contributed by atoms with Crippen LogP contribution < -0.4 is 21.8 Å². The highest BCUT2D eigenvalue weighted by Crippen LogP contribution is 2.44. The lowest BCUT2D eigenvalue weighted by Crippen LogP contribution is -2.54. The lowest BCUT2D eigenvalue weighted by atomic mass is 9.98. The summed E-state index contributed by atoms with van der Waals surface area (Å²) in [5.41, 5.74) is 11.5. The van der Waals surface area contributed by atoms with Gasteiger partial charge >= 0.3 is 18.1 Å². The van der Waals surface area contributed by atoms with Crippen LogP contribution in [0, 0.1) is 0 Å². The van der Waals surface area contributed by atoms with E-state index in [1.807, 2.05) is 36.4 Å². The molecule has 0 aliphatic heterocycles. The lowest BCUT2D eigenvalue weighted by molar-refractivity contribution is -0.156. The van der Waals surface area contributed by atoms with Crippen LogP contribution in [0.4, 0.5) is 9.59 Å². The number of fused-ring (bicyclic) bond motifs is 3. The molecule has 0 heterocycles. The van der Waals surface area contributed by atoms with E-state index in [2.05, 4.69) is 28.2 Å². The topological polar surface area (TPSA) is 169 Å². The number of ether oxygens (including phenoxy) is 2. The molecule has 0 saturated carbocycles. The maximum Gasteiger partial charge on any atom is 0.407 e. The Hall–Kier alpha value is -4.61. The number of esters is 1. The van der Waals surface area contributed by atoms with Gasteiger partial charge in [-0.05, 0) is 55.9 Å². The first-order valence-corrected chi connectivity index (χ1v) is 13.8. The predicted molar refractivity (Wildman–Crippen MR) is 155 cm³/mol. The van der Waals surface area contributed by atoms with Crippen molar-refractivity contribution in [3.8, 4) is 11.1 Å². The number of rotatable bonds is 11. The van der Waals surface area contributed by atoms with E-state index in [9.17, 15) is 24.0 Å². The summed E-state index contributed by atoms with van der Waals surface area (Å²) < 4.78 is 10.7. The molecule has 42 heavy (non-hydrogen) atoms. The Morgan fingerprint density at radius 1 is 0.952 bits per heavy atom. The van der Waals surface area contributed by atoms with Crippen LogP contribution in [0.3, 0.4) is 0 Å². The van der Waals surface area contributed by atoms with Crippen molar-refractivity contribution < 1.29 is 33.4 Å². The van der Waals surface area contributed by atoms with Crippen molar-refractivity contribution in [3.63, 3.8) is 0 Å². The van der Waals surface area contributed by atoms with Gasteiger partial charge in [-0.3, -0.25) is 19.8 Å². The number of nitrogens with one attached hydrogen (secondary N) is 3. The first-order valence-electron chi connectivity index (χ1n) is 13.8. The average Bonchev–Trinajstić information content (AvgIpc) is 3.23. The molecular formula is C30H39N5O7. The number of primary amides is 1. The number of nitrogens with two attached hydrogens (primary N) is 1. The van der Waals surface area contributed by atoms with Crippen LogP contribution in [0.25, 0.3) is 11.1 Å². The van der Waals surface area contributed by atoms with Crippen molar-refractivity contribution in [2.45, 2.75) is 64.0 Å². The van der Waals surface area contributed by atoms with Gasteiger partial charge in [-0.2, -0.15) is 0 Å². The molecule has 1 aliphatic carbocycles. The summed E-state index contributed by atoms with van der Waals surface area (Å²) in [6, 6.07) is 14.0. The summed E-state index contributed by atoms with van der Waals surface area (Å²) in [4.78, 5) is 60.6. The van der Waals surface area contributed by atoms with E-state index < -0.39 is 48.0 Å². The number of urea groups is 1. The fraction of sp³-hybridized carbons (Fsp3) is 0.433. The summed E-state index contributed by atoms with van der Waals surface area (Å²) >= 11 is 0. The fourth-order valence-electron chi connectivity index (χ4n) is 4.56. The summed E-state index contributed by atoms with van der Waals surface area (Å²) in [6.07, 6.45) is 0.0478. The van der Waals surface area contributed by atoms with Crippen LogP contribution in [0.5, 0.6) is 0 Å². The zero-order valence-electron chi connectivity index (χ0n) is 24.4. The number of benzene rings is 2. The highest BCUT2D eigenvalue weighted by molar-refractivity contribution is 5.90. The molecule has 1 aliphatic rings. The molecule has 0 unspecified atom stereocenters. The molecule has 2 aromatic carbocycles. The van der Waals surface area contributed by atoms with Gasteiger partial charge in [0.15, 0.2) is 0 Å². The van der Waals surface area contributed by atoms with Crippen molar-refractivity contribution in [1.29, 1.82) is 0 Å². The third kappa shape index (κ3) is 9.22. The molecule has 5 N–H and O–H groups in total. The Bertz CT molecular complexity index is 1260. The zero-order chi connectivity index (χ0) is 30.9. The summed E-state index contributed by atoms with van der Waals surface area (Å²) in [5.74, 6) is -2.10. The number of hydrogen-bond donors (Lipinski definition) is 4. The van der Waals surface area contributed by atoms with E-state index in [-0.39, 0.29) is 18.9 Å². The number of carbonyl (C=O) groups is 5. The molecule has 12 heteroatoms. The number of nitrogens with zero attached hydrogens (tertiary/aromatic N) is 1. The van der Waals surface area contributed by atoms with Gasteiger partial charge in [-0.1, -0.05) is 48.5 Å². The highest BCUT2D eigenvalue weighted by atomic mass is 16.6. The van der Waals surface area contributed by atoms with E-state index in [4.69, 9.17) is 15.2 Å². The Balaban J connectivity index is 1.33. The second-order valence-electron chi connectivity index (χ2n) is 11.0. The van der Waals surface area contributed by atoms with Gasteiger partial charge in [0.05, 0.1) is 6.42 Å². The number of hydrazine groups is 1. The molecule has 0 bridgehead atoms. The second kappa shape index (κ2) is 14.3. The van der Waals surface area contributed by atoms with E-state index >= 15 is 0 Å². The standard InChI is InChI=1S/C30H39N5O7/c1-30(2,3)42-26(37)17-24(27(31)38)33-28(39)35(4)34-25(36)15-9-10-16-32-29(40)41-18-23-21-13-7-5-11-19(21)20-12-6-8-14-22(20)23/h5-8,11-14,23-24H,9-10,15-18H2,1-4H3,(H2,31,38)(H,32,40)(H,33,39)(H,34,36)/t24-/m0/s1. The van der Waals surface area contributed by atoms with Crippen LogP contribution in [0.1, 0.15) is 63.5 Å². The molecular weight excluding hydrogens is 542 g/mol. The largest absolute Gasteiger partial charge is 0.460 e. The number of alkyl carbamates (subject to hydrolysis) is 1.